The maximum absolute atomic E-state index is 12.5. The molecule has 0 radical (unpaired) electrons. The molecule has 0 aliphatic carbocycles. The highest BCUT2D eigenvalue weighted by Crippen LogP contribution is 2.51. The van der Waals surface area contributed by atoms with E-state index in [0.29, 0.717) is 17.5 Å². The van der Waals surface area contributed by atoms with Crippen LogP contribution in [0.1, 0.15) is 129 Å². The lowest BCUT2D eigenvalue weighted by Gasteiger charge is -2.35. The zero-order valence-corrected chi connectivity index (χ0v) is 24.4. The summed E-state index contributed by atoms with van der Waals surface area (Å²) in [5.74, 6) is -0.353. The third-order valence-corrected chi connectivity index (χ3v) is 8.84. The second-order valence-corrected chi connectivity index (χ2v) is 12.7. The highest BCUT2D eigenvalue weighted by molar-refractivity contribution is 7.53. The first-order valence-electron chi connectivity index (χ1n) is 14.3. The minimum Gasteiger partial charge on any atom is -0.320 e. The predicted octanol–water partition coefficient (Wildman–Crippen LogP) is 9.39. The molecule has 0 aliphatic rings. The van der Waals surface area contributed by atoms with E-state index in [0.717, 1.165) is 12.8 Å². The Morgan fingerprint density at radius 2 is 1.06 bits per heavy atom. The van der Waals surface area contributed by atoms with E-state index < -0.39 is 7.60 Å². The van der Waals surface area contributed by atoms with E-state index in [1.54, 1.807) is 0 Å². The number of rotatable bonds is 24. The Kier molecular flexibility index (Phi) is 21.6. The fraction of sp³-hybridized carbons (Fsp3) is 0.862. The van der Waals surface area contributed by atoms with Crippen molar-refractivity contribution < 1.29 is 18.5 Å². The van der Waals surface area contributed by atoms with Gasteiger partial charge in [0.2, 0.25) is 0 Å². The second-order valence-electron chi connectivity index (χ2n) is 10.7. The van der Waals surface area contributed by atoms with Gasteiger partial charge in [0, 0.05) is 6.42 Å². The monoisotopic (exact) mass is 500 g/mol. The molecule has 2 unspecified atom stereocenters. The zero-order valence-electron chi connectivity index (χ0n) is 23.5. The number of allylic oxidation sites excluding steroid dienone is 4. The van der Waals surface area contributed by atoms with E-state index in [-0.39, 0.29) is 5.78 Å². The zero-order chi connectivity index (χ0) is 25.5. The summed E-state index contributed by atoms with van der Waals surface area (Å²) in [6, 6.07) is 0. The molecular formula is C29H59NO3P+. The molecule has 0 amide bonds. The van der Waals surface area contributed by atoms with E-state index >= 15 is 0 Å². The third kappa shape index (κ3) is 19.8. The Hall–Kier alpha value is -0.410. The highest BCUT2D eigenvalue weighted by atomic mass is 31.2. The Balaban J connectivity index is 3.47. The standard InChI is InChI=1S/C29H58NO3P/c1-6-8-9-10-11-12-13-14-15-16-17-18-19-20-21-22-23-24-25-26-27-28-33-34(31,32)29(7-2)30(3,4)5/h12-13,18-19,29H,6-11,14-17,20-28H2,1-5H3/p+1/b13-12-,19-18-. The van der Waals surface area contributed by atoms with Gasteiger partial charge in [0.25, 0.3) is 0 Å². The third-order valence-electron chi connectivity index (χ3n) is 6.48. The number of unbranched alkanes of at least 4 members (excludes halogenated alkanes) is 14. The predicted molar refractivity (Wildman–Crippen MR) is 150 cm³/mol. The summed E-state index contributed by atoms with van der Waals surface area (Å²) in [6.45, 7) is 4.61. The molecule has 0 aromatic carbocycles. The van der Waals surface area contributed by atoms with Crippen LogP contribution < -0.4 is 0 Å². The van der Waals surface area contributed by atoms with Crippen molar-refractivity contribution in [3.63, 3.8) is 0 Å². The minimum absolute atomic E-state index is 0.353. The molecule has 0 saturated heterocycles. The fourth-order valence-electron chi connectivity index (χ4n) is 4.43. The molecule has 4 nitrogen and oxygen atoms in total. The number of hydrogen-bond acceptors (Lipinski definition) is 2. The van der Waals surface area contributed by atoms with Gasteiger partial charge in [0.1, 0.15) is 0 Å². The van der Waals surface area contributed by atoms with Crippen LogP contribution in [0.3, 0.4) is 0 Å². The lowest BCUT2D eigenvalue weighted by atomic mass is 10.1. The molecule has 0 aromatic rings. The van der Waals surface area contributed by atoms with Gasteiger partial charge in [-0.2, -0.15) is 0 Å². The molecule has 5 heteroatoms. The molecule has 0 heterocycles. The Morgan fingerprint density at radius 1 is 0.676 bits per heavy atom. The maximum Gasteiger partial charge on any atom is 0.385 e. The van der Waals surface area contributed by atoms with Gasteiger partial charge in [-0.15, -0.1) is 0 Å². The van der Waals surface area contributed by atoms with Crippen molar-refractivity contribution in [3.8, 4) is 0 Å². The van der Waals surface area contributed by atoms with Crippen LogP contribution in [0.4, 0.5) is 0 Å². The van der Waals surface area contributed by atoms with Crippen LogP contribution in [-0.4, -0.2) is 42.9 Å². The van der Waals surface area contributed by atoms with Crippen molar-refractivity contribution in [3.05, 3.63) is 24.3 Å². The summed E-state index contributed by atoms with van der Waals surface area (Å²) >= 11 is 0. The van der Waals surface area contributed by atoms with Gasteiger partial charge in [-0.1, -0.05) is 89.5 Å². The Labute approximate surface area is 213 Å². The summed E-state index contributed by atoms with van der Waals surface area (Å²) in [6.07, 6.45) is 31.4. The van der Waals surface area contributed by atoms with Crippen molar-refractivity contribution in [1.29, 1.82) is 0 Å². The fourth-order valence-corrected chi connectivity index (χ4v) is 6.33. The van der Waals surface area contributed by atoms with Crippen molar-refractivity contribution in [2.45, 2.75) is 135 Å². The van der Waals surface area contributed by atoms with Crippen molar-refractivity contribution in [1.82, 2.24) is 0 Å². The Bertz CT molecular complexity index is 554. The van der Waals surface area contributed by atoms with Gasteiger partial charge in [0.15, 0.2) is 5.78 Å². The number of quaternary nitrogens is 1. The van der Waals surface area contributed by atoms with Crippen LogP contribution in [-0.2, 0) is 9.09 Å². The average molecular weight is 501 g/mol. The van der Waals surface area contributed by atoms with Crippen molar-refractivity contribution >= 4 is 7.60 Å². The Morgan fingerprint density at radius 3 is 1.47 bits per heavy atom. The van der Waals surface area contributed by atoms with Crippen LogP contribution in [0.2, 0.25) is 0 Å². The second kappa shape index (κ2) is 21.8. The van der Waals surface area contributed by atoms with Crippen LogP contribution in [0.15, 0.2) is 24.3 Å². The van der Waals surface area contributed by atoms with Gasteiger partial charge in [0.05, 0.1) is 27.7 Å². The number of hydrogen-bond donors (Lipinski definition) is 1. The summed E-state index contributed by atoms with van der Waals surface area (Å²) in [5.41, 5.74) is 0. The van der Waals surface area contributed by atoms with Gasteiger partial charge in [-0.05, 0) is 57.8 Å². The van der Waals surface area contributed by atoms with Gasteiger partial charge in [-0.3, -0.25) is 4.57 Å². The number of nitrogens with zero attached hydrogens (tertiary/aromatic N) is 1. The first-order chi connectivity index (χ1) is 16.3. The first-order valence-corrected chi connectivity index (χ1v) is 16.0. The molecule has 0 saturated carbocycles. The summed E-state index contributed by atoms with van der Waals surface area (Å²) in [7, 11) is 2.30. The molecule has 1 N–H and O–H groups in total. The summed E-state index contributed by atoms with van der Waals surface area (Å²) in [5, 5.41) is 0. The molecule has 0 spiro atoms. The molecule has 202 valence electrons. The van der Waals surface area contributed by atoms with Gasteiger partial charge >= 0.3 is 7.60 Å². The molecule has 0 rings (SSSR count). The van der Waals surface area contributed by atoms with Crippen LogP contribution in [0.25, 0.3) is 0 Å². The average Bonchev–Trinajstić information content (AvgIpc) is 2.76. The molecule has 34 heavy (non-hydrogen) atoms. The van der Waals surface area contributed by atoms with Crippen LogP contribution in [0, 0.1) is 0 Å². The highest BCUT2D eigenvalue weighted by Gasteiger charge is 2.41. The molecule has 0 aromatic heterocycles. The lowest BCUT2D eigenvalue weighted by molar-refractivity contribution is -0.883. The van der Waals surface area contributed by atoms with Crippen molar-refractivity contribution in [2.24, 2.45) is 0 Å². The summed E-state index contributed by atoms with van der Waals surface area (Å²) in [4.78, 5) is 10.3. The molecule has 0 fully saturated rings. The summed E-state index contributed by atoms with van der Waals surface area (Å²) < 4.78 is 18.4. The van der Waals surface area contributed by atoms with E-state index in [4.69, 9.17) is 4.52 Å². The topological polar surface area (TPSA) is 46.5 Å². The minimum atomic E-state index is -3.56. The largest absolute Gasteiger partial charge is 0.385 e. The van der Waals surface area contributed by atoms with E-state index in [1.165, 1.54) is 96.3 Å². The lowest BCUT2D eigenvalue weighted by Crippen LogP contribution is -2.44. The van der Waals surface area contributed by atoms with E-state index in [2.05, 4.69) is 31.2 Å². The van der Waals surface area contributed by atoms with Gasteiger partial charge in [-0.25, -0.2) is 0 Å². The molecule has 0 aliphatic heterocycles. The van der Waals surface area contributed by atoms with Crippen LogP contribution >= 0.6 is 7.60 Å². The van der Waals surface area contributed by atoms with E-state index in [1.807, 2.05) is 28.1 Å². The van der Waals surface area contributed by atoms with Gasteiger partial charge < -0.3 is 13.9 Å². The van der Waals surface area contributed by atoms with Crippen LogP contribution in [0.5, 0.6) is 0 Å². The SMILES string of the molecule is CCCCCC/C=C\CCCC/C=C\CCCCCCCCCOP(=O)(O)C(CC)[N+](C)(C)C. The normalized spacial score (nSPS) is 15.4. The molecule has 2 atom stereocenters. The molecular weight excluding hydrogens is 441 g/mol. The smallest absolute Gasteiger partial charge is 0.320 e. The molecule has 0 bridgehead atoms. The quantitative estimate of drug-likeness (QED) is 0.0621. The van der Waals surface area contributed by atoms with E-state index in [9.17, 15) is 9.46 Å². The maximum atomic E-state index is 12.5. The first kappa shape index (κ1) is 33.6. The van der Waals surface area contributed by atoms with Crippen molar-refractivity contribution in [2.75, 3.05) is 27.7 Å².